The van der Waals surface area contributed by atoms with E-state index in [2.05, 4.69) is 5.32 Å². The van der Waals surface area contributed by atoms with Crippen LogP contribution < -0.4 is 19.5 Å². The molecule has 1 aliphatic heterocycles. The molecule has 2 aromatic carbocycles. The lowest BCUT2D eigenvalue weighted by Crippen LogP contribution is -2.40. The van der Waals surface area contributed by atoms with Crippen molar-refractivity contribution in [2.24, 2.45) is 0 Å². The molecule has 1 saturated heterocycles. The maximum atomic E-state index is 12.6. The van der Waals surface area contributed by atoms with E-state index in [0.29, 0.717) is 49.1 Å². The minimum atomic E-state index is -3.54. The van der Waals surface area contributed by atoms with Gasteiger partial charge in [0.1, 0.15) is 12.4 Å². The molecule has 1 N–H and O–H groups in total. The zero-order valence-corrected chi connectivity index (χ0v) is 18.3. The molecule has 168 valence electrons. The smallest absolute Gasteiger partial charge is 0.251 e. The Morgan fingerprint density at radius 1 is 1.03 bits per heavy atom. The average molecular weight is 451 g/mol. The number of carbonyl (C=O) groups is 1. The number of hydrogen-bond acceptors (Lipinski definition) is 7. The molecule has 0 unspecified atom stereocenters. The van der Waals surface area contributed by atoms with E-state index >= 15 is 0 Å². The molecule has 10 heteroatoms. The number of morpholine rings is 1. The van der Waals surface area contributed by atoms with Gasteiger partial charge in [-0.2, -0.15) is 4.31 Å². The summed E-state index contributed by atoms with van der Waals surface area (Å²) in [7, 11) is -0.503. The molecule has 31 heavy (non-hydrogen) atoms. The molecule has 9 nitrogen and oxygen atoms in total. The summed E-state index contributed by atoms with van der Waals surface area (Å²) in [6.45, 7) is 2.00. The molecule has 1 fully saturated rings. The fourth-order valence-corrected chi connectivity index (χ4v) is 4.46. The standard InChI is InChI=1S/C21H26N2O7S/c1-27-19-8-3-16(15-20(19)28-2)21(24)22-9-12-30-17-4-6-18(7-5-17)31(25,26)23-10-13-29-14-11-23/h3-8,15H,9-14H2,1-2H3,(H,22,24). The first-order chi connectivity index (χ1) is 15.0. The van der Waals surface area contributed by atoms with Crippen molar-refractivity contribution in [3.05, 3.63) is 48.0 Å². The van der Waals surface area contributed by atoms with E-state index in [0.717, 1.165) is 0 Å². The topological polar surface area (TPSA) is 103 Å². The van der Waals surface area contributed by atoms with E-state index < -0.39 is 10.0 Å². The number of carbonyl (C=O) groups excluding carboxylic acids is 1. The van der Waals surface area contributed by atoms with E-state index in [1.807, 2.05) is 0 Å². The number of nitrogens with one attached hydrogen (secondary N) is 1. The zero-order chi connectivity index (χ0) is 22.3. The third-order valence-corrected chi connectivity index (χ3v) is 6.65. The van der Waals surface area contributed by atoms with Crippen molar-refractivity contribution in [1.29, 1.82) is 0 Å². The molecule has 0 saturated carbocycles. The zero-order valence-electron chi connectivity index (χ0n) is 17.5. The van der Waals surface area contributed by atoms with E-state index in [4.69, 9.17) is 18.9 Å². The van der Waals surface area contributed by atoms with Crippen molar-refractivity contribution in [3.8, 4) is 17.2 Å². The predicted molar refractivity (Wildman–Crippen MR) is 113 cm³/mol. The van der Waals surface area contributed by atoms with Crippen molar-refractivity contribution in [2.45, 2.75) is 4.90 Å². The third-order valence-electron chi connectivity index (χ3n) is 4.73. The number of amides is 1. The van der Waals surface area contributed by atoms with Gasteiger partial charge in [0.05, 0.1) is 38.9 Å². The van der Waals surface area contributed by atoms with Gasteiger partial charge in [-0.1, -0.05) is 0 Å². The number of nitrogens with zero attached hydrogens (tertiary/aromatic N) is 1. The third kappa shape index (κ3) is 5.66. The number of rotatable bonds is 9. The van der Waals surface area contributed by atoms with Crippen LogP contribution in [0.2, 0.25) is 0 Å². The van der Waals surface area contributed by atoms with Crippen LogP contribution in [-0.4, -0.2) is 72.3 Å². The van der Waals surface area contributed by atoms with Crippen LogP contribution in [0.1, 0.15) is 10.4 Å². The lowest BCUT2D eigenvalue weighted by molar-refractivity contribution is 0.0730. The van der Waals surface area contributed by atoms with Crippen LogP contribution in [0, 0.1) is 0 Å². The van der Waals surface area contributed by atoms with Crippen LogP contribution in [0.15, 0.2) is 47.4 Å². The SMILES string of the molecule is COc1ccc(C(=O)NCCOc2ccc(S(=O)(=O)N3CCOCC3)cc2)cc1OC. The number of hydrogen-bond donors (Lipinski definition) is 1. The summed E-state index contributed by atoms with van der Waals surface area (Å²) in [6, 6.07) is 11.1. The van der Waals surface area contributed by atoms with Gasteiger partial charge in [-0.3, -0.25) is 4.79 Å². The highest BCUT2D eigenvalue weighted by Gasteiger charge is 2.26. The fourth-order valence-electron chi connectivity index (χ4n) is 3.06. The van der Waals surface area contributed by atoms with Crippen LogP contribution in [0.4, 0.5) is 0 Å². The molecule has 0 aliphatic carbocycles. The lowest BCUT2D eigenvalue weighted by atomic mass is 10.2. The van der Waals surface area contributed by atoms with Gasteiger partial charge in [0.2, 0.25) is 10.0 Å². The molecule has 1 amide bonds. The quantitative estimate of drug-likeness (QED) is 0.578. The molecule has 0 bridgehead atoms. The molecule has 1 heterocycles. The Morgan fingerprint density at radius 2 is 1.71 bits per heavy atom. The van der Waals surface area contributed by atoms with Crippen LogP contribution in [-0.2, 0) is 14.8 Å². The highest BCUT2D eigenvalue weighted by molar-refractivity contribution is 7.89. The molecule has 0 radical (unpaired) electrons. The van der Waals surface area contributed by atoms with Crippen LogP contribution in [0.3, 0.4) is 0 Å². The Hall–Kier alpha value is -2.82. The van der Waals surface area contributed by atoms with Gasteiger partial charge in [-0.05, 0) is 42.5 Å². The Kier molecular flexibility index (Phi) is 7.72. The maximum Gasteiger partial charge on any atom is 0.251 e. The Bertz CT molecular complexity index is 987. The van der Waals surface area contributed by atoms with Gasteiger partial charge in [-0.15, -0.1) is 0 Å². The van der Waals surface area contributed by atoms with Crippen molar-refractivity contribution in [1.82, 2.24) is 9.62 Å². The molecule has 0 spiro atoms. The van der Waals surface area contributed by atoms with Crippen LogP contribution >= 0.6 is 0 Å². The highest BCUT2D eigenvalue weighted by atomic mass is 32.2. The van der Waals surface area contributed by atoms with Gasteiger partial charge in [0.15, 0.2) is 11.5 Å². The van der Waals surface area contributed by atoms with Crippen molar-refractivity contribution in [2.75, 3.05) is 53.7 Å². The first-order valence-electron chi connectivity index (χ1n) is 9.76. The van der Waals surface area contributed by atoms with E-state index in [-0.39, 0.29) is 24.0 Å². The van der Waals surface area contributed by atoms with Crippen molar-refractivity contribution < 1.29 is 32.2 Å². The summed E-state index contributed by atoms with van der Waals surface area (Å²) in [5.41, 5.74) is 0.440. The molecule has 0 atom stereocenters. The van der Waals surface area contributed by atoms with E-state index in [1.54, 1.807) is 30.3 Å². The van der Waals surface area contributed by atoms with E-state index in [1.165, 1.54) is 30.7 Å². The number of benzene rings is 2. The molecule has 2 aromatic rings. The molecule has 3 rings (SSSR count). The molecule has 1 aliphatic rings. The Balaban J connectivity index is 1.49. The summed E-state index contributed by atoms with van der Waals surface area (Å²) < 4.78 is 47.8. The maximum absolute atomic E-state index is 12.6. The van der Waals surface area contributed by atoms with Gasteiger partial charge >= 0.3 is 0 Å². The largest absolute Gasteiger partial charge is 0.493 e. The van der Waals surface area contributed by atoms with Crippen molar-refractivity contribution >= 4 is 15.9 Å². The summed E-state index contributed by atoms with van der Waals surface area (Å²) in [5.74, 6) is 1.26. The highest BCUT2D eigenvalue weighted by Crippen LogP contribution is 2.27. The first-order valence-corrected chi connectivity index (χ1v) is 11.2. The molecular weight excluding hydrogens is 424 g/mol. The van der Waals surface area contributed by atoms with E-state index in [9.17, 15) is 13.2 Å². The number of ether oxygens (including phenoxy) is 4. The predicted octanol–water partition coefficient (Wildman–Crippen LogP) is 1.53. The van der Waals surface area contributed by atoms with Crippen LogP contribution in [0.25, 0.3) is 0 Å². The molecular formula is C21H26N2O7S. The normalized spacial score (nSPS) is 14.6. The van der Waals surface area contributed by atoms with Gasteiger partial charge in [-0.25, -0.2) is 8.42 Å². The first kappa shape index (κ1) is 22.9. The number of methoxy groups -OCH3 is 2. The lowest BCUT2D eigenvalue weighted by Gasteiger charge is -2.26. The van der Waals surface area contributed by atoms with Gasteiger partial charge < -0.3 is 24.3 Å². The summed E-state index contributed by atoms with van der Waals surface area (Å²) in [6.07, 6.45) is 0. The van der Waals surface area contributed by atoms with Gasteiger partial charge in [0, 0.05) is 18.7 Å². The Morgan fingerprint density at radius 3 is 2.35 bits per heavy atom. The summed E-state index contributed by atoms with van der Waals surface area (Å²) in [4.78, 5) is 12.5. The summed E-state index contributed by atoms with van der Waals surface area (Å²) in [5, 5.41) is 2.76. The second kappa shape index (κ2) is 10.5. The Labute approximate surface area is 181 Å². The minimum absolute atomic E-state index is 0.212. The second-order valence-electron chi connectivity index (χ2n) is 6.66. The van der Waals surface area contributed by atoms with Crippen LogP contribution in [0.5, 0.6) is 17.2 Å². The monoisotopic (exact) mass is 450 g/mol. The fraction of sp³-hybridized carbons (Fsp3) is 0.381. The van der Waals surface area contributed by atoms with Gasteiger partial charge in [0.25, 0.3) is 5.91 Å². The second-order valence-corrected chi connectivity index (χ2v) is 8.60. The average Bonchev–Trinajstić information content (AvgIpc) is 2.82. The minimum Gasteiger partial charge on any atom is -0.493 e. The van der Waals surface area contributed by atoms with Crippen molar-refractivity contribution in [3.63, 3.8) is 0 Å². The molecule has 0 aromatic heterocycles. The summed E-state index contributed by atoms with van der Waals surface area (Å²) >= 11 is 0. The number of sulfonamides is 1.